The Morgan fingerprint density at radius 2 is 1.71 bits per heavy atom. The molecule has 0 aliphatic heterocycles. The van der Waals surface area contributed by atoms with E-state index in [1.165, 1.54) is 34.6 Å². The molecule has 1 amide bonds. The average Bonchev–Trinajstić information content (AvgIpc) is 3.33. The van der Waals surface area contributed by atoms with Crippen LogP contribution in [0.5, 0.6) is 0 Å². The van der Waals surface area contributed by atoms with Gasteiger partial charge in [0.05, 0.1) is 10.6 Å². The molecule has 0 spiro atoms. The minimum Gasteiger partial charge on any atom is -0.298 e. The van der Waals surface area contributed by atoms with E-state index < -0.39 is 27.6 Å². The molecule has 0 aliphatic carbocycles. The van der Waals surface area contributed by atoms with E-state index in [-0.39, 0.29) is 22.1 Å². The third-order valence-corrected chi connectivity index (χ3v) is 7.94. The van der Waals surface area contributed by atoms with Crippen molar-refractivity contribution in [3.8, 4) is 11.3 Å². The number of hydrogen-bond donors (Lipinski definition) is 1. The zero-order chi connectivity index (χ0) is 25.0. The van der Waals surface area contributed by atoms with Crippen molar-refractivity contribution in [2.45, 2.75) is 18.4 Å². The maximum absolute atomic E-state index is 13.5. The molecule has 6 nitrogen and oxygen atoms in total. The standard InChI is InChI=1S/C25H21F2N3O3S2/c1-2-30(15-17-6-4-3-5-7-17)35(32,33)20-11-8-18(9-12-20)24(31)29-25-28-23(16-34-25)19-10-13-21(26)22(27)14-19/h3-14,16H,2,15H2,1H3,(H,28,29,31). The van der Waals surface area contributed by atoms with Crippen molar-refractivity contribution in [2.75, 3.05) is 11.9 Å². The molecule has 1 aromatic heterocycles. The summed E-state index contributed by atoms with van der Waals surface area (Å²) in [5.74, 6) is -2.41. The molecule has 0 unspecified atom stereocenters. The maximum Gasteiger partial charge on any atom is 0.257 e. The largest absolute Gasteiger partial charge is 0.298 e. The Labute approximate surface area is 205 Å². The van der Waals surface area contributed by atoms with E-state index in [2.05, 4.69) is 10.3 Å². The number of rotatable bonds is 8. The zero-order valence-electron chi connectivity index (χ0n) is 18.6. The number of aromatic nitrogens is 1. The highest BCUT2D eigenvalue weighted by Crippen LogP contribution is 2.27. The molecule has 4 aromatic rings. The van der Waals surface area contributed by atoms with Gasteiger partial charge in [0.15, 0.2) is 16.8 Å². The molecule has 180 valence electrons. The molecule has 4 rings (SSSR count). The van der Waals surface area contributed by atoms with Gasteiger partial charge in [-0.25, -0.2) is 22.2 Å². The minimum absolute atomic E-state index is 0.0849. The van der Waals surface area contributed by atoms with Gasteiger partial charge in [0.25, 0.3) is 5.91 Å². The van der Waals surface area contributed by atoms with Crippen LogP contribution in [0.15, 0.2) is 83.1 Å². The van der Waals surface area contributed by atoms with E-state index in [1.807, 2.05) is 30.3 Å². The third-order valence-electron chi connectivity index (χ3n) is 5.25. The van der Waals surface area contributed by atoms with E-state index in [0.29, 0.717) is 17.8 Å². The fourth-order valence-corrected chi connectivity index (χ4v) is 5.52. The highest BCUT2D eigenvalue weighted by Gasteiger charge is 2.23. The molecule has 3 aromatic carbocycles. The molecule has 0 atom stereocenters. The van der Waals surface area contributed by atoms with Crippen molar-refractivity contribution < 1.29 is 22.0 Å². The summed E-state index contributed by atoms with van der Waals surface area (Å²) in [6, 6.07) is 18.4. The molecule has 10 heteroatoms. The lowest BCUT2D eigenvalue weighted by molar-refractivity contribution is 0.102. The summed E-state index contributed by atoms with van der Waals surface area (Å²) in [4.78, 5) is 17.0. The third kappa shape index (κ3) is 5.61. The Kier molecular flexibility index (Phi) is 7.34. The molecule has 0 fully saturated rings. The van der Waals surface area contributed by atoms with Gasteiger partial charge in [-0.1, -0.05) is 37.3 Å². The molecule has 0 saturated carbocycles. The summed E-state index contributed by atoms with van der Waals surface area (Å²) >= 11 is 1.13. The molecule has 1 N–H and O–H groups in total. The monoisotopic (exact) mass is 513 g/mol. The second kappa shape index (κ2) is 10.4. The van der Waals surface area contributed by atoms with Gasteiger partial charge in [0.1, 0.15) is 0 Å². The molecule has 0 radical (unpaired) electrons. The molecule has 35 heavy (non-hydrogen) atoms. The number of anilines is 1. The molecule has 1 heterocycles. The number of hydrogen-bond acceptors (Lipinski definition) is 5. The van der Waals surface area contributed by atoms with Gasteiger partial charge < -0.3 is 0 Å². The van der Waals surface area contributed by atoms with Gasteiger partial charge in [0.2, 0.25) is 10.0 Å². The first-order valence-corrected chi connectivity index (χ1v) is 13.0. The fraction of sp³-hybridized carbons (Fsp3) is 0.120. The van der Waals surface area contributed by atoms with Gasteiger partial charge in [-0.3, -0.25) is 10.1 Å². The van der Waals surface area contributed by atoms with E-state index in [0.717, 1.165) is 29.0 Å². The van der Waals surface area contributed by atoms with Crippen molar-refractivity contribution in [3.05, 3.63) is 101 Å². The summed E-state index contributed by atoms with van der Waals surface area (Å²) in [5, 5.41) is 4.52. The molecule has 0 aliphatic rings. The first kappa shape index (κ1) is 24.6. The Hall–Kier alpha value is -3.47. The number of sulfonamides is 1. The van der Waals surface area contributed by atoms with Gasteiger partial charge in [-0.2, -0.15) is 4.31 Å². The Morgan fingerprint density at radius 3 is 2.37 bits per heavy atom. The van der Waals surface area contributed by atoms with Gasteiger partial charge in [-0.15, -0.1) is 11.3 Å². The summed E-state index contributed by atoms with van der Waals surface area (Å²) in [6.45, 7) is 2.31. The van der Waals surface area contributed by atoms with Gasteiger partial charge in [-0.05, 0) is 48.0 Å². The smallest absolute Gasteiger partial charge is 0.257 e. The normalized spacial score (nSPS) is 11.5. The number of benzene rings is 3. The Bertz CT molecular complexity index is 1440. The van der Waals surface area contributed by atoms with Crippen LogP contribution < -0.4 is 5.32 Å². The number of halogens is 2. The van der Waals surface area contributed by atoms with Crippen LogP contribution in [-0.2, 0) is 16.6 Å². The highest BCUT2D eigenvalue weighted by molar-refractivity contribution is 7.89. The number of nitrogens with zero attached hydrogens (tertiary/aromatic N) is 2. The second-order valence-corrected chi connectivity index (χ2v) is 10.4. The fourth-order valence-electron chi connectivity index (χ4n) is 3.37. The first-order valence-electron chi connectivity index (χ1n) is 10.6. The lowest BCUT2D eigenvalue weighted by Crippen LogP contribution is -2.30. The van der Waals surface area contributed by atoms with Crippen LogP contribution in [0.2, 0.25) is 0 Å². The van der Waals surface area contributed by atoms with E-state index in [9.17, 15) is 22.0 Å². The van der Waals surface area contributed by atoms with Crippen LogP contribution in [0.1, 0.15) is 22.8 Å². The summed E-state index contributed by atoms with van der Waals surface area (Å²) in [7, 11) is -3.75. The van der Waals surface area contributed by atoms with Crippen LogP contribution in [0.4, 0.5) is 13.9 Å². The summed E-state index contributed by atoms with van der Waals surface area (Å²) in [5.41, 5.74) is 1.90. The predicted molar refractivity (Wildman–Crippen MR) is 132 cm³/mol. The van der Waals surface area contributed by atoms with Gasteiger partial charge in [0, 0.05) is 29.6 Å². The second-order valence-electron chi connectivity index (χ2n) is 7.56. The van der Waals surface area contributed by atoms with Crippen molar-refractivity contribution in [3.63, 3.8) is 0 Å². The van der Waals surface area contributed by atoms with E-state index >= 15 is 0 Å². The summed E-state index contributed by atoms with van der Waals surface area (Å²) in [6.07, 6.45) is 0. The van der Waals surface area contributed by atoms with Crippen LogP contribution >= 0.6 is 11.3 Å². The van der Waals surface area contributed by atoms with Gasteiger partial charge >= 0.3 is 0 Å². The van der Waals surface area contributed by atoms with Crippen LogP contribution in [0, 0.1) is 11.6 Å². The predicted octanol–water partition coefficient (Wildman–Crippen LogP) is 5.55. The number of carbonyl (C=O) groups excluding carboxylic acids is 1. The first-order chi connectivity index (χ1) is 16.8. The Balaban J connectivity index is 1.46. The maximum atomic E-state index is 13.5. The number of thiazole rings is 1. The molecular formula is C25H21F2N3O3S2. The number of amides is 1. The number of carbonyl (C=O) groups is 1. The van der Waals surface area contributed by atoms with Crippen molar-refractivity contribution in [1.82, 2.24) is 9.29 Å². The SMILES string of the molecule is CCN(Cc1ccccc1)S(=O)(=O)c1ccc(C(=O)Nc2nc(-c3ccc(F)c(F)c3)cs2)cc1. The topological polar surface area (TPSA) is 79.4 Å². The Morgan fingerprint density at radius 1 is 1.00 bits per heavy atom. The quantitative estimate of drug-likeness (QED) is 0.335. The molecule has 0 saturated heterocycles. The van der Waals surface area contributed by atoms with Crippen LogP contribution in [0.25, 0.3) is 11.3 Å². The zero-order valence-corrected chi connectivity index (χ0v) is 20.2. The van der Waals surface area contributed by atoms with Crippen LogP contribution in [0.3, 0.4) is 0 Å². The lowest BCUT2D eigenvalue weighted by atomic mass is 10.2. The molecular weight excluding hydrogens is 492 g/mol. The van der Waals surface area contributed by atoms with E-state index in [1.54, 1.807) is 12.3 Å². The van der Waals surface area contributed by atoms with Crippen LogP contribution in [-0.4, -0.2) is 30.2 Å². The lowest BCUT2D eigenvalue weighted by Gasteiger charge is -2.20. The van der Waals surface area contributed by atoms with Crippen molar-refractivity contribution in [2.24, 2.45) is 0 Å². The molecule has 0 bridgehead atoms. The minimum atomic E-state index is -3.75. The number of nitrogens with one attached hydrogen (secondary N) is 1. The average molecular weight is 514 g/mol. The van der Waals surface area contributed by atoms with E-state index in [4.69, 9.17) is 0 Å². The summed E-state index contributed by atoms with van der Waals surface area (Å²) < 4.78 is 54.2. The van der Waals surface area contributed by atoms with Crippen molar-refractivity contribution >= 4 is 32.4 Å². The highest BCUT2D eigenvalue weighted by atomic mass is 32.2. The van der Waals surface area contributed by atoms with Crippen molar-refractivity contribution in [1.29, 1.82) is 0 Å².